The van der Waals surface area contributed by atoms with Crippen LogP contribution >= 0.6 is 0 Å². The van der Waals surface area contributed by atoms with Gasteiger partial charge >= 0.3 is 6.03 Å². The molecule has 38 heavy (non-hydrogen) atoms. The van der Waals surface area contributed by atoms with Crippen molar-refractivity contribution in [2.24, 2.45) is 0 Å². The Morgan fingerprint density at radius 2 is 1.66 bits per heavy atom. The van der Waals surface area contributed by atoms with Gasteiger partial charge in [-0.2, -0.15) is 0 Å². The summed E-state index contributed by atoms with van der Waals surface area (Å²) in [7, 11) is -2.27. The van der Waals surface area contributed by atoms with E-state index >= 15 is 0 Å². The number of amides is 4. The summed E-state index contributed by atoms with van der Waals surface area (Å²) in [6, 6.07) is 21.0. The molecule has 3 N–H and O–H groups in total. The van der Waals surface area contributed by atoms with Gasteiger partial charge in [0.15, 0.2) is 0 Å². The predicted octanol–water partition coefficient (Wildman–Crippen LogP) is 2.65. The summed E-state index contributed by atoms with van der Waals surface area (Å²) in [5.74, 6) is -1.20. The zero-order valence-corrected chi connectivity index (χ0v) is 21.6. The maximum atomic E-state index is 13.6. The van der Waals surface area contributed by atoms with Crippen LogP contribution in [-0.4, -0.2) is 58.9 Å². The first-order valence-electron chi connectivity index (χ1n) is 11.6. The number of hydrogen-bond acceptors (Lipinski definition) is 7. The molecule has 3 aromatic carbocycles. The summed E-state index contributed by atoms with van der Waals surface area (Å²) in [6.07, 6.45) is 0.869. The maximum Gasteiger partial charge on any atom is 0.319 e. The minimum atomic E-state index is -3.75. The SMILES string of the molecule is COCN1C(=O)C(NC(=O)Nc2cccc(C(=O)NS(C)(=O)=O)c2)CN(c2ccccc2)c2ccccc21. The lowest BCUT2D eigenvalue weighted by Gasteiger charge is -2.27. The van der Waals surface area contributed by atoms with Gasteiger partial charge in [0.1, 0.15) is 12.8 Å². The minimum Gasteiger partial charge on any atom is -0.364 e. The molecule has 12 heteroatoms. The van der Waals surface area contributed by atoms with E-state index in [2.05, 4.69) is 10.6 Å². The summed E-state index contributed by atoms with van der Waals surface area (Å²) in [6.45, 7) is 0.125. The topological polar surface area (TPSA) is 137 Å². The zero-order chi connectivity index (χ0) is 27.3. The van der Waals surface area contributed by atoms with Crippen molar-refractivity contribution in [3.05, 3.63) is 84.4 Å². The number of ether oxygens (including phenoxy) is 1. The first-order valence-corrected chi connectivity index (χ1v) is 13.5. The molecule has 1 aliphatic heterocycles. The Balaban J connectivity index is 1.59. The molecule has 4 amide bonds. The second-order valence-electron chi connectivity index (χ2n) is 8.55. The van der Waals surface area contributed by atoms with Crippen LogP contribution in [0, 0.1) is 0 Å². The lowest BCUT2D eigenvalue weighted by atomic mass is 10.2. The lowest BCUT2D eigenvalue weighted by Crippen LogP contribution is -2.53. The van der Waals surface area contributed by atoms with Crippen LogP contribution in [-0.2, 0) is 19.6 Å². The van der Waals surface area contributed by atoms with Crippen LogP contribution in [0.3, 0.4) is 0 Å². The Kier molecular flexibility index (Phi) is 7.93. The number of fused-ring (bicyclic) bond motifs is 1. The van der Waals surface area contributed by atoms with Gasteiger partial charge in [0, 0.05) is 24.0 Å². The highest BCUT2D eigenvalue weighted by Gasteiger charge is 2.35. The molecular formula is C26H27N5O6S. The number of urea groups is 1. The van der Waals surface area contributed by atoms with Gasteiger partial charge in [0.25, 0.3) is 11.8 Å². The van der Waals surface area contributed by atoms with Crippen molar-refractivity contribution in [3.63, 3.8) is 0 Å². The monoisotopic (exact) mass is 537 g/mol. The normalized spacial score (nSPS) is 15.3. The number of anilines is 4. The molecule has 0 saturated heterocycles. The van der Waals surface area contributed by atoms with Crippen LogP contribution in [0.5, 0.6) is 0 Å². The van der Waals surface area contributed by atoms with Crippen molar-refractivity contribution in [1.82, 2.24) is 10.0 Å². The van der Waals surface area contributed by atoms with Crippen LogP contribution in [0.2, 0.25) is 0 Å². The van der Waals surface area contributed by atoms with E-state index in [1.807, 2.05) is 64.2 Å². The van der Waals surface area contributed by atoms with Gasteiger partial charge in [-0.3, -0.25) is 14.5 Å². The summed E-state index contributed by atoms with van der Waals surface area (Å²) in [4.78, 5) is 42.2. The fourth-order valence-electron chi connectivity index (χ4n) is 4.10. The largest absolute Gasteiger partial charge is 0.364 e. The number of nitrogens with zero attached hydrogens (tertiary/aromatic N) is 2. The van der Waals surface area contributed by atoms with Crippen LogP contribution in [0.25, 0.3) is 0 Å². The first kappa shape index (κ1) is 26.6. The molecule has 198 valence electrons. The van der Waals surface area contributed by atoms with Gasteiger partial charge in [-0.25, -0.2) is 17.9 Å². The molecule has 11 nitrogen and oxygen atoms in total. The van der Waals surface area contributed by atoms with Crippen molar-refractivity contribution in [1.29, 1.82) is 0 Å². The number of nitrogens with one attached hydrogen (secondary N) is 3. The van der Waals surface area contributed by atoms with Crippen molar-refractivity contribution in [3.8, 4) is 0 Å². The molecule has 0 spiro atoms. The minimum absolute atomic E-state index is 0.0181. The Bertz CT molecular complexity index is 1450. The fourth-order valence-corrected chi connectivity index (χ4v) is 4.55. The van der Waals surface area contributed by atoms with Gasteiger partial charge in [0.2, 0.25) is 10.0 Å². The van der Waals surface area contributed by atoms with Crippen molar-refractivity contribution < 1.29 is 27.5 Å². The summed E-state index contributed by atoms with van der Waals surface area (Å²) in [5.41, 5.74) is 2.53. The lowest BCUT2D eigenvalue weighted by molar-refractivity contribution is -0.121. The van der Waals surface area contributed by atoms with Crippen LogP contribution in [0.1, 0.15) is 10.4 Å². The van der Waals surface area contributed by atoms with E-state index in [1.54, 1.807) is 0 Å². The van der Waals surface area contributed by atoms with Gasteiger partial charge in [-0.15, -0.1) is 0 Å². The van der Waals surface area contributed by atoms with Crippen molar-refractivity contribution in [2.45, 2.75) is 6.04 Å². The van der Waals surface area contributed by atoms with Crippen LogP contribution in [0.15, 0.2) is 78.9 Å². The Morgan fingerprint density at radius 1 is 0.974 bits per heavy atom. The molecule has 1 aliphatic rings. The van der Waals surface area contributed by atoms with Gasteiger partial charge in [-0.05, 0) is 42.5 Å². The summed E-state index contributed by atoms with van der Waals surface area (Å²) >= 11 is 0. The number of para-hydroxylation sites is 3. The molecule has 0 fully saturated rings. The number of carbonyl (C=O) groups is 3. The second kappa shape index (κ2) is 11.3. The average Bonchev–Trinajstić information content (AvgIpc) is 2.99. The van der Waals surface area contributed by atoms with Gasteiger partial charge in [-0.1, -0.05) is 36.4 Å². The summed E-state index contributed by atoms with van der Waals surface area (Å²) < 4.78 is 29.9. The Morgan fingerprint density at radius 3 is 2.34 bits per heavy atom. The molecule has 0 aliphatic carbocycles. The van der Waals surface area contributed by atoms with Crippen LogP contribution in [0.4, 0.5) is 27.5 Å². The number of methoxy groups -OCH3 is 1. The average molecular weight is 538 g/mol. The number of benzene rings is 3. The van der Waals surface area contributed by atoms with E-state index in [-0.39, 0.29) is 30.4 Å². The highest BCUT2D eigenvalue weighted by atomic mass is 32.2. The third-order valence-corrected chi connectivity index (χ3v) is 6.24. The molecular weight excluding hydrogens is 510 g/mol. The molecule has 0 aromatic heterocycles. The van der Waals surface area contributed by atoms with E-state index in [0.29, 0.717) is 5.69 Å². The number of carbonyl (C=O) groups excluding carboxylic acids is 3. The highest BCUT2D eigenvalue weighted by molar-refractivity contribution is 7.89. The van der Waals surface area contributed by atoms with Crippen molar-refractivity contribution >= 4 is 50.6 Å². The Hall–Kier alpha value is -4.42. The van der Waals surface area contributed by atoms with E-state index in [9.17, 15) is 22.8 Å². The quantitative estimate of drug-likeness (QED) is 0.421. The maximum absolute atomic E-state index is 13.6. The van der Waals surface area contributed by atoms with Gasteiger partial charge in [0.05, 0.1) is 24.2 Å². The van der Waals surface area contributed by atoms with Gasteiger partial charge < -0.3 is 20.3 Å². The third-order valence-electron chi connectivity index (χ3n) is 5.68. The number of hydrogen-bond donors (Lipinski definition) is 3. The van der Waals surface area contributed by atoms with Crippen molar-refractivity contribution in [2.75, 3.05) is 41.8 Å². The standard InChI is InChI=1S/C26H27N5O6S/c1-37-17-31-23-14-7-6-13-22(23)30(20-11-4-3-5-12-20)16-21(25(31)33)28-26(34)27-19-10-8-9-18(15-19)24(32)29-38(2,35)36/h3-15,21H,16-17H2,1-2H3,(H,29,32)(H2,27,28,34). The fraction of sp³-hybridized carbons (Fsp3) is 0.192. The number of rotatable bonds is 7. The molecule has 1 unspecified atom stereocenters. The molecule has 1 atom stereocenters. The highest BCUT2D eigenvalue weighted by Crippen LogP contribution is 2.37. The summed E-state index contributed by atoms with van der Waals surface area (Å²) in [5, 5.41) is 5.34. The van der Waals surface area contributed by atoms with Crippen LogP contribution < -0.4 is 25.2 Å². The smallest absolute Gasteiger partial charge is 0.319 e. The second-order valence-corrected chi connectivity index (χ2v) is 10.3. The molecule has 1 heterocycles. The predicted molar refractivity (Wildman–Crippen MR) is 144 cm³/mol. The first-order chi connectivity index (χ1) is 18.2. The molecule has 0 radical (unpaired) electrons. The molecule has 0 bridgehead atoms. The van der Waals surface area contributed by atoms with E-state index in [4.69, 9.17) is 4.74 Å². The van der Waals surface area contributed by atoms with E-state index < -0.39 is 28.0 Å². The van der Waals surface area contributed by atoms with E-state index in [1.165, 1.54) is 36.3 Å². The zero-order valence-electron chi connectivity index (χ0n) is 20.7. The number of sulfonamides is 1. The third kappa shape index (κ3) is 6.28. The Labute approximate surface area is 220 Å². The molecule has 0 saturated carbocycles. The molecule has 3 aromatic rings. The molecule has 4 rings (SSSR count). The van der Waals surface area contributed by atoms with E-state index in [0.717, 1.165) is 17.6 Å².